The van der Waals surface area contributed by atoms with Crippen molar-refractivity contribution in [3.63, 3.8) is 0 Å². The fourth-order valence-electron chi connectivity index (χ4n) is 1.66. The third kappa shape index (κ3) is 6.31. The Hall–Kier alpha value is -2.20. The SMILES string of the molecule is [2H]c1c([2H])c(C)c([2H])c(OCC([2H])(O)CCC([2H])([2H])C([2H])([2H])c2c([2H])c([2H])c(OC([2H])([2H])[2H])c(OC([2H])([2H])[2H])c2[2H])c1[2H]. The van der Waals surface area contributed by atoms with Crippen molar-refractivity contribution < 1.29 is 44.0 Å². The van der Waals surface area contributed by atoms with E-state index in [1.807, 2.05) is 0 Å². The maximum absolute atomic E-state index is 10.5. The first-order valence-corrected chi connectivity index (χ1v) is 7.09. The van der Waals surface area contributed by atoms with E-state index in [-0.39, 0.29) is 11.6 Å². The van der Waals surface area contributed by atoms with E-state index in [4.69, 9.17) is 29.4 Å². The molecule has 25 heavy (non-hydrogen) atoms. The van der Waals surface area contributed by atoms with Crippen molar-refractivity contribution in [2.45, 2.75) is 38.6 Å². The monoisotopic (exact) mass is 362 g/mol. The van der Waals surface area contributed by atoms with Gasteiger partial charge < -0.3 is 19.3 Å². The predicted octanol–water partition coefficient (Wildman–Crippen LogP) is 4.16. The molecule has 2 rings (SSSR count). The van der Waals surface area contributed by atoms with Crippen LogP contribution in [0.15, 0.2) is 42.3 Å². The Balaban J connectivity index is 2.46. The first-order valence-electron chi connectivity index (χ1n) is 16.1. The fraction of sp³-hybridized carbons (Fsp3) is 0.429. The number of methoxy groups -OCH3 is 2. The van der Waals surface area contributed by atoms with Gasteiger partial charge in [0, 0.05) is 5.48 Å². The quantitative estimate of drug-likeness (QED) is 0.689. The Kier molecular flexibility index (Phi) is 2.47. The van der Waals surface area contributed by atoms with E-state index in [1.54, 1.807) is 0 Å². The lowest BCUT2D eigenvalue weighted by Crippen LogP contribution is -2.17. The number of ether oxygens (including phenoxy) is 3. The zero-order valence-corrected chi connectivity index (χ0v) is 13.3. The van der Waals surface area contributed by atoms with E-state index in [1.165, 1.54) is 6.92 Å². The van der Waals surface area contributed by atoms with Gasteiger partial charge in [0.2, 0.25) is 0 Å². The number of hydrogen-bond donors (Lipinski definition) is 1. The Morgan fingerprint density at radius 1 is 1.20 bits per heavy atom. The maximum Gasteiger partial charge on any atom is 0.160 e. The minimum Gasteiger partial charge on any atom is -0.493 e. The zero-order chi connectivity index (χ0) is 33.7. The smallest absolute Gasteiger partial charge is 0.160 e. The summed E-state index contributed by atoms with van der Waals surface area (Å²) in [5.74, 6) is -2.92. The molecule has 1 N–H and O–H groups in total. The molecule has 0 aliphatic carbocycles. The second kappa shape index (κ2) is 9.94. The van der Waals surface area contributed by atoms with Crippen LogP contribution in [0.5, 0.6) is 17.2 Å². The summed E-state index contributed by atoms with van der Waals surface area (Å²) in [6, 6.07) is -5.72. The number of aliphatic hydroxyl groups is 1. The van der Waals surface area contributed by atoms with E-state index >= 15 is 0 Å². The number of rotatable bonds is 10. The van der Waals surface area contributed by atoms with E-state index in [2.05, 4.69) is 9.47 Å². The van der Waals surface area contributed by atoms with Gasteiger partial charge in [-0.3, -0.25) is 0 Å². The standard InChI is InChI=1S/C21H28O4/c1-16-7-6-10-19(13-16)25-15-18(22)9-5-4-8-17-11-12-20(23-2)21(14-17)24-3/h6-7,10-14,18,22H,4-5,8-9,15H2,1-3H3/i2D3,3D3,4D2,6D,7D,8D2,10D,11D,12D,13D,14D,18D. The molecule has 0 amide bonds. The molecule has 1 atom stereocenters. The van der Waals surface area contributed by atoms with Gasteiger partial charge in [-0.1, -0.05) is 24.5 Å². The van der Waals surface area contributed by atoms with Crippen LogP contribution in [0, 0.1) is 6.92 Å². The average molecular weight is 363 g/mol. The van der Waals surface area contributed by atoms with Crippen LogP contribution >= 0.6 is 0 Å². The van der Waals surface area contributed by atoms with Crippen LogP contribution in [0.4, 0.5) is 0 Å². The summed E-state index contributed by atoms with van der Waals surface area (Å²) in [6.07, 6.45) is -11.1. The first kappa shape index (κ1) is 6.20. The van der Waals surface area contributed by atoms with Crippen molar-refractivity contribution in [1.82, 2.24) is 0 Å². The first-order chi connectivity index (χ1) is 19.1. The van der Waals surface area contributed by atoms with Crippen molar-refractivity contribution in [3.05, 3.63) is 53.4 Å². The molecule has 0 heterocycles. The molecule has 2 aromatic rings. The van der Waals surface area contributed by atoms with Crippen LogP contribution in [-0.2, 0) is 6.37 Å². The molecule has 4 nitrogen and oxygen atoms in total. The Morgan fingerprint density at radius 2 is 2.04 bits per heavy atom. The van der Waals surface area contributed by atoms with Gasteiger partial charge in [0.15, 0.2) is 11.5 Å². The largest absolute Gasteiger partial charge is 0.493 e. The summed E-state index contributed by atoms with van der Waals surface area (Å²) < 4.78 is 156. The third-order valence-corrected chi connectivity index (χ3v) is 2.81. The fourth-order valence-corrected chi connectivity index (χ4v) is 1.66. The molecule has 136 valence electrons. The molecule has 4 heteroatoms. The Bertz CT molecular complexity index is 1340. The zero-order valence-electron chi connectivity index (χ0n) is 31.3. The normalized spacial score (nSPS) is 25.7. The Morgan fingerprint density at radius 3 is 2.88 bits per heavy atom. The highest BCUT2D eigenvalue weighted by Gasteiger charge is 2.07. The molecule has 0 aliphatic heterocycles. The van der Waals surface area contributed by atoms with Crippen molar-refractivity contribution in [2.75, 3.05) is 20.7 Å². The molecule has 0 bridgehead atoms. The van der Waals surface area contributed by atoms with Crippen LogP contribution in [0.25, 0.3) is 0 Å². The van der Waals surface area contributed by atoms with Gasteiger partial charge in [-0.05, 0) is 61.4 Å². The van der Waals surface area contributed by atoms with Gasteiger partial charge in [-0.2, -0.15) is 0 Å². The summed E-state index contributed by atoms with van der Waals surface area (Å²) >= 11 is 0. The van der Waals surface area contributed by atoms with E-state index < -0.39 is 111 Å². The van der Waals surface area contributed by atoms with Gasteiger partial charge in [0.1, 0.15) is 12.4 Å². The Labute approximate surface area is 175 Å². The van der Waals surface area contributed by atoms with Gasteiger partial charge in [-0.25, -0.2) is 0 Å². The highest BCUT2D eigenvalue weighted by atomic mass is 16.5. The predicted molar refractivity (Wildman–Crippen MR) is 99.8 cm³/mol. The molecule has 0 saturated carbocycles. The molecular weight excluding hydrogens is 316 g/mol. The summed E-state index contributed by atoms with van der Waals surface area (Å²) in [7, 11) is -6.66. The van der Waals surface area contributed by atoms with Crippen LogP contribution in [-0.4, -0.2) is 31.9 Å². The molecular formula is C21H28O4. The lowest BCUT2D eigenvalue weighted by Gasteiger charge is -2.13. The van der Waals surface area contributed by atoms with Crippen molar-refractivity contribution in [2.24, 2.45) is 0 Å². The minimum absolute atomic E-state index is 0.00247. The molecule has 0 radical (unpaired) electrons. The van der Waals surface area contributed by atoms with Gasteiger partial charge in [-0.15, -0.1) is 0 Å². The van der Waals surface area contributed by atoms with Gasteiger partial charge in [0.25, 0.3) is 0 Å². The molecule has 0 aliphatic rings. The van der Waals surface area contributed by atoms with Crippen LogP contribution in [0.1, 0.15) is 55.0 Å². The number of hydrogen-bond acceptors (Lipinski definition) is 4. The minimum atomic E-state index is -3.40. The maximum atomic E-state index is 10.5. The lowest BCUT2D eigenvalue weighted by molar-refractivity contribution is 0.0976. The van der Waals surface area contributed by atoms with E-state index in [0.29, 0.717) is 0 Å². The summed E-state index contributed by atoms with van der Waals surface area (Å²) in [4.78, 5) is 0. The highest BCUT2D eigenvalue weighted by molar-refractivity contribution is 5.42. The highest BCUT2D eigenvalue weighted by Crippen LogP contribution is 2.28. The molecule has 0 aromatic heterocycles. The van der Waals surface area contributed by atoms with E-state index in [0.717, 1.165) is 0 Å². The number of benzene rings is 2. The molecule has 1 unspecified atom stereocenters. The van der Waals surface area contributed by atoms with Gasteiger partial charge in [0.05, 0.1) is 39.3 Å². The molecule has 0 spiro atoms. The average Bonchev–Trinajstić information content (AvgIpc) is 2.84. The van der Waals surface area contributed by atoms with Gasteiger partial charge >= 0.3 is 0 Å². The van der Waals surface area contributed by atoms with Crippen LogP contribution in [0.2, 0.25) is 0 Å². The molecule has 2 aromatic carbocycles. The summed E-state index contributed by atoms with van der Waals surface area (Å²) in [5.41, 5.74) is -1.19. The second-order valence-corrected chi connectivity index (χ2v) is 4.72. The van der Waals surface area contributed by atoms with Crippen LogP contribution in [0.3, 0.4) is 0 Å². The molecule has 0 saturated heterocycles. The second-order valence-electron chi connectivity index (χ2n) is 4.72. The summed E-state index contributed by atoms with van der Waals surface area (Å²) in [5, 5.41) is 10.5. The lowest BCUT2D eigenvalue weighted by atomic mass is 10.0. The van der Waals surface area contributed by atoms with E-state index in [9.17, 15) is 5.11 Å². The van der Waals surface area contributed by atoms with Crippen molar-refractivity contribution in [3.8, 4) is 17.2 Å². The van der Waals surface area contributed by atoms with Crippen molar-refractivity contribution >= 4 is 0 Å². The van der Waals surface area contributed by atoms with Crippen molar-refractivity contribution in [1.29, 1.82) is 0 Å². The molecule has 0 fully saturated rings. The van der Waals surface area contributed by atoms with Crippen LogP contribution < -0.4 is 14.2 Å². The summed E-state index contributed by atoms with van der Waals surface area (Å²) in [6.45, 7) is 0.361. The third-order valence-electron chi connectivity index (χ3n) is 2.81. The topological polar surface area (TPSA) is 47.9 Å².